The van der Waals surface area contributed by atoms with Gasteiger partial charge in [0.25, 0.3) is 0 Å². The second-order valence-electron chi connectivity index (χ2n) is 8.05. The number of halogens is 1. The van der Waals surface area contributed by atoms with Crippen LogP contribution in [0.3, 0.4) is 0 Å². The molecule has 0 spiro atoms. The van der Waals surface area contributed by atoms with Gasteiger partial charge in [-0.1, -0.05) is 36.4 Å². The second kappa shape index (κ2) is 9.05. The molecule has 0 bridgehead atoms. The number of aliphatic hydroxyl groups is 1. The maximum absolute atomic E-state index is 14.9. The molecule has 3 atom stereocenters. The second-order valence-corrected chi connectivity index (χ2v) is 9.43. The van der Waals surface area contributed by atoms with Crippen LogP contribution in [0.5, 0.6) is 5.88 Å². The molecular formula is C25H23FN2O4S. The van der Waals surface area contributed by atoms with Crippen LogP contribution in [0.25, 0.3) is 33.4 Å². The van der Waals surface area contributed by atoms with Crippen LogP contribution in [0.2, 0.25) is 0 Å². The Hall–Kier alpha value is -3.07. The number of pyridine rings is 1. The van der Waals surface area contributed by atoms with Crippen molar-refractivity contribution in [1.82, 2.24) is 9.97 Å². The first-order chi connectivity index (χ1) is 16.0. The van der Waals surface area contributed by atoms with Crippen molar-refractivity contribution in [3.8, 4) is 28.3 Å². The third-order valence-electron chi connectivity index (χ3n) is 5.75. The van der Waals surface area contributed by atoms with Crippen LogP contribution in [0.15, 0.2) is 65.6 Å². The zero-order chi connectivity index (χ0) is 22.9. The minimum absolute atomic E-state index is 0.0353. The molecule has 1 saturated heterocycles. The SMILES string of the molecule is CS(=O)c1ccc(-c2ccc(-c3nc4cc(O[C@@H]5COC(CO)C5)[nH]c4cc3F)cc2)cc1. The third-order valence-corrected chi connectivity index (χ3v) is 6.69. The summed E-state index contributed by atoms with van der Waals surface area (Å²) in [4.78, 5) is 8.34. The first-order valence-corrected chi connectivity index (χ1v) is 12.2. The molecule has 170 valence electrons. The van der Waals surface area contributed by atoms with Gasteiger partial charge in [-0.05, 0) is 23.3 Å². The summed E-state index contributed by atoms with van der Waals surface area (Å²) in [5.74, 6) is 0.0658. The Balaban J connectivity index is 1.37. The third kappa shape index (κ3) is 4.55. The number of fused-ring (bicyclic) bond motifs is 1. The van der Waals surface area contributed by atoms with Crippen molar-refractivity contribution < 1.29 is 23.2 Å². The summed E-state index contributed by atoms with van der Waals surface area (Å²) in [5, 5.41) is 9.20. The highest BCUT2D eigenvalue weighted by molar-refractivity contribution is 7.84. The molecule has 2 N–H and O–H groups in total. The highest BCUT2D eigenvalue weighted by atomic mass is 32.2. The lowest BCUT2D eigenvalue weighted by Gasteiger charge is -2.09. The van der Waals surface area contributed by atoms with Crippen LogP contribution in [-0.2, 0) is 15.5 Å². The molecule has 1 fully saturated rings. The molecule has 3 heterocycles. The Labute approximate surface area is 192 Å². The molecule has 8 heteroatoms. The number of aliphatic hydroxyl groups excluding tert-OH is 1. The molecule has 0 amide bonds. The number of aromatic amines is 1. The normalized spacial score (nSPS) is 19.1. The first-order valence-electron chi connectivity index (χ1n) is 10.6. The highest BCUT2D eigenvalue weighted by Crippen LogP contribution is 2.30. The van der Waals surface area contributed by atoms with Gasteiger partial charge in [0.2, 0.25) is 0 Å². The summed E-state index contributed by atoms with van der Waals surface area (Å²) in [6.07, 6.45) is 1.87. The van der Waals surface area contributed by atoms with E-state index >= 15 is 0 Å². The predicted molar refractivity (Wildman–Crippen MR) is 125 cm³/mol. The van der Waals surface area contributed by atoms with E-state index in [0.29, 0.717) is 35.5 Å². The highest BCUT2D eigenvalue weighted by Gasteiger charge is 2.27. The number of nitrogens with zero attached hydrogens (tertiary/aromatic N) is 1. The van der Waals surface area contributed by atoms with Gasteiger partial charge in [0.05, 0.1) is 30.4 Å². The van der Waals surface area contributed by atoms with E-state index < -0.39 is 16.6 Å². The average Bonchev–Trinajstić information content (AvgIpc) is 3.44. The molecule has 1 aliphatic rings. The number of aromatic nitrogens is 2. The van der Waals surface area contributed by atoms with E-state index in [1.807, 2.05) is 48.5 Å². The van der Waals surface area contributed by atoms with Crippen LogP contribution in [0, 0.1) is 5.82 Å². The number of nitrogens with one attached hydrogen (secondary N) is 1. The minimum Gasteiger partial charge on any atom is -0.473 e. The number of hydrogen-bond donors (Lipinski definition) is 2. The van der Waals surface area contributed by atoms with Crippen molar-refractivity contribution in [3.63, 3.8) is 0 Å². The fourth-order valence-electron chi connectivity index (χ4n) is 3.99. The van der Waals surface area contributed by atoms with Gasteiger partial charge in [0, 0.05) is 46.1 Å². The van der Waals surface area contributed by atoms with Crippen molar-refractivity contribution in [3.05, 3.63) is 66.5 Å². The van der Waals surface area contributed by atoms with Gasteiger partial charge in [-0.3, -0.25) is 4.21 Å². The molecule has 5 rings (SSSR count). The molecule has 2 aromatic heterocycles. The molecule has 0 radical (unpaired) electrons. The Morgan fingerprint density at radius 2 is 1.79 bits per heavy atom. The first kappa shape index (κ1) is 21.8. The largest absolute Gasteiger partial charge is 0.473 e. The summed E-state index contributed by atoms with van der Waals surface area (Å²) in [7, 11) is -1.02. The molecule has 0 saturated carbocycles. The van der Waals surface area contributed by atoms with Crippen LogP contribution >= 0.6 is 0 Å². The van der Waals surface area contributed by atoms with Gasteiger partial charge in [-0.25, -0.2) is 9.37 Å². The van der Waals surface area contributed by atoms with Crippen molar-refractivity contribution in [1.29, 1.82) is 0 Å². The standard InChI is InChI=1S/C25H23FN2O4S/c1-33(30)20-8-6-16(7-9-20)15-2-4-17(5-3-15)25-21(26)11-22-23(28-25)12-24(27-22)32-19-10-18(13-29)31-14-19/h2-9,11-12,18-19,27,29H,10,13-14H2,1H3/t18?,19-,33?/m0/s1. The summed E-state index contributed by atoms with van der Waals surface area (Å²) in [6.45, 7) is 0.367. The summed E-state index contributed by atoms with van der Waals surface area (Å²) in [5.41, 5.74) is 4.06. The lowest BCUT2D eigenvalue weighted by molar-refractivity contribution is 0.0531. The smallest absolute Gasteiger partial charge is 0.193 e. The quantitative estimate of drug-likeness (QED) is 0.443. The number of benzene rings is 2. The molecule has 1 aliphatic heterocycles. The molecule has 2 aromatic carbocycles. The lowest BCUT2D eigenvalue weighted by atomic mass is 10.0. The van der Waals surface area contributed by atoms with Crippen molar-refractivity contribution in [2.24, 2.45) is 0 Å². The monoisotopic (exact) mass is 466 g/mol. The van der Waals surface area contributed by atoms with Gasteiger partial charge < -0.3 is 19.6 Å². The van der Waals surface area contributed by atoms with Gasteiger partial charge in [0.1, 0.15) is 11.8 Å². The van der Waals surface area contributed by atoms with Crippen LogP contribution < -0.4 is 4.74 Å². The van der Waals surface area contributed by atoms with Crippen LogP contribution in [0.4, 0.5) is 4.39 Å². The van der Waals surface area contributed by atoms with Crippen LogP contribution in [-0.4, -0.2) is 51.0 Å². The molecular weight excluding hydrogens is 443 g/mol. The maximum atomic E-state index is 14.9. The molecule has 33 heavy (non-hydrogen) atoms. The summed E-state index contributed by atoms with van der Waals surface area (Å²) >= 11 is 0. The van der Waals surface area contributed by atoms with E-state index in [0.717, 1.165) is 16.0 Å². The van der Waals surface area contributed by atoms with Gasteiger partial charge in [-0.2, -0.15) is 0 Å². The van der Waals surface area contributed by atoms with E-state index in [-0.39, 0.29) is 24.5 Å². The van der Waals surface area contributed by atoms with E-state index in [1.54, 1.807) is 12.3 Å². The lowest BCUT2D eigenvalue weighted by Crippen LogP contribution is -2.17. The van der Waals surface area contributed by atoms with Gasteiger partial charge in [-0.15, -0.1) is 0 Å². The fraction of sp³-hybridized carbons (Fsp3) is 0.240. The van der Waals surface area contributed by atoms with E-state index in [2.05, 4.69) is 9.97 Å². The Morgan fingerprint density at radius 1 is 1.12 bits per heavy atom. The number of ether oxygens (including phenoxy) is 2. The topological polar surface area (TPSA) is 84.4 Å². The maximum Gasteiger partial charge on any atom is 0.193 e. The number of rotatable bonds is 6. The zero-order valence-corrected chi connectivity index (χ0v) is 18.8. The molecule has 4 aromatic rings. The van der Waals surface area contributed by atoms with Crippen LogP contribution in [0.1, 0.15) is 6.42 Å². The Bertz CT molecular complexity index is 1300. The van der Waals surface area contributed by atoms with Crippen molar-refractivity contribution >= 4 is 21.8 Å². The van der Waals surface area contributed by atoms with Crippen molar-refractivity contribution in [2.75, 3.05) is 19.5 Å². The number of hydrogen-bond acceptors (Lipinski definition) is 5. The predicted octanol–water partition coefficient (Wildman–Crippen LogP) is 4.30. The summed E-state index contributed by atoms with van der Waals surface area (Å²) < 4.78 is 37.8. The zero-order valence-electron chi connectivity index (χ0n) is 18.0. The van der Waals surface area contributed by atoms with Gasteiger partial charge in [0.15, 0.2) is 11.7 Å². The van der Waals surface area contributed by atoms with Crippen molar-refractivity contribution in [2.45, 2.75) is 23.5 Å². The number of H-pyrrole nitrogens is 1. The molecule has 2 unspecified atom stereocenters. The average molecular weight is 467 g/mol. The van der Waals surface area contributed by atoms with E-state index in [4.69, 9.17) is 9.47 Å². The van der Waals surface area contributed by atoms with Gasteiger partial charge >= 0.3 is 0 Å². The summed E-state index contributed by atoms with van der Waals surface area (Å²) in [6, 6.07) is 18.2. The molecule has 6 nitrogen and oxygen atoms in total. The Morgan fingerprint density at radius 3 is 2.42 bits per heavy atom. The van der Waals surface area contributed by atoms with E-state index in [9.17, 15) is 13.7 Å². The molecule has 0 aliphatic carbocycles. The Kier molecular flexibility index (Phi) is 5.97. The fourth-order valence-corrected chi connectivity index (χ4v) is 4.51. The van der Waals surface area contributed by atoms with E-state index in [1.165, 1.54) is 6.07 Å². The minimum atomic E-state index is -1.02.